The van der Waals surface area contributed by atoms with Crippen molar-refractivity contribution in [3.63, 3.8) is 0 Å². The molecule has 2 nitrogen and oxygen atoms in total. The van der Waals surface area contributed by atoms with E-state index in [9.17, 15) is 35.5 Å². The van der Waals surface area contributed by atoms with E-state index in [4.69, 9.17) is 0 Å². The van der Waals surface area contributed by atoms with Crippen molar-refractivity contribution in [2.45, 2.75) is 25.2 Å². The van der Waals surface area contributed by atoms with Gasteiger partial charge in [-0.15, -0.1) is 0 Å². The zero-order valence-electron chi connectivity index (χ0n) is 10.4. The van der Waals surface area contributed by atoms with Crippen LogP contribution in [-0.4, -0.2) is 18.6 Å². The Balaban J connectivity index is 2.70. The Kier molecular flexibility index (Phi) is 5.19. The lowest BCUT2D eigenvalue weighted by Crippen LogP contribution is -2.27. The smallest absolute Gasteiger partial charge is 0.352 e. The van der Waals surface area contributed by atoms with Gasteiger partial charge < -0.3 is 5.32 Å². The van der Waals surface area contributed by atoms with Gasteiger partial charge in [-0.3, -0.25) is 4.79 Å². The Morgan fingerprint density at radius 2 is 1.71 bits per heavy atom. The molecule has 0 heterocycles. The van der Waals surface area contributed by atoms with Crippen LogP contribution in [-0.2, 0) is 6.18 Å². The Morgan fingerprint density at radius 3 is 2.24 bits per heavy atom. The molecule has 9 heteroatoms. The Hall–Kier alpha value is -1.80. The summed E-state index contributed by atoms with van der Waals surface area (Å²) in [6.07, 6.45) is -10.8. The number of carbonyl (C=O) groups excluding carboxylic acids is 1. The van der Waals surface area contributed by atoms with Gasteiger partial charge in [0, 0.05) is 13.0 Å². The van der Waals surface area contributed by atoms with Gasteiger partial charge in [0.25, 0.3) is 5.91 Å². The molecule has 0 atom stereocenters. The summed E-state index contributed by atoms with van der Waals surface area (Å²) in [5.41, 5.74) is -2.08. The first kappa shape index (κ1) is 17.3. The predicted octanol–water partition coefficient (Wildman–Crippen LogP) is 3.92. The van der Waals surface area contributed by atoms with Crippen molar-refractivity contribution in [1.82, 2.24) is 5.32 Å². The quantitative estimate of drug-likeness (QED) is 0.662. The fourth-order valence-corrected chi connectivity index (χ4v) is 1.46. The minimum atomic E-state index is -4.75. The van der Waals surface area contributed by atoms with Gasteiger partial charge in [-0.05, 0) is 24.6 Å². The first-order valence-corrected chi connectivity index (χ1v) is 5.72. The van der Waals surface area contributed by atoms with Crippen LogP contribution in [0.15, 0.2) is 18.2 Å². The average molecular weight is 317 g/mol. The highest BCUT2D eigenvalue weighted by molar-refractivity contribution is 5.94. The minimum Gasteiger partial charge on any atom is -0.352 e. The lowest BCUT2D eigenvalue weighted by atomic mass is 10.1. The molecule has 21 heavy (non-hydrogen) atoms. The maximum absolute atomic E-state index is 13.3. The summed E-state index contributed by atoms with van der Waals surface area (Å²) in [5, 5.41) is 1.94. The molecule has 1 amide bonds. The van der Waals surface area contributed by atoms with Crippen LogP contribution in [0.3, 0.4) is 0 Å². The molecule has 1 N–H and O–H groups in total. The molecule has 1 aromatic carbocycles. The average Bonchev–Trinajstić information content (AvgIpc) is 2.32. The number of alkyl halides is 6. The molecular weight excluding hydrogens is 307 g/mol. The Bertz CT molecular complexity index is 507. The molecule has 0 unspecified atom stereocenters. The van der Waals surface area contributed by atoms with Crippen LogP contribution in [0.4, 0.5) is 30.7 Å². The first-order chi connectivity index (χ1) is 9.50. The van der Waals surface area contributed by atoms with Gasteiger partial charge >= 0.3 is 12.4 Å². The highest BCUT2D eigenvalue weighted by atomic mass is 19.4. The number of nitrogens with one attached hydrogen (secondary N) is 1. The second-order valence-corrected chi connectivity index (χ2v) is 4.17. The number of amides is 1. The van der Waals surface area contributed by atoms with Crippen molar-refractivity contribution in [2.75, 3.05) is 6.54 Å². The fraction of sp³-hybridized carbons (Fsp3) is 0.417. The number of hydrogen-bond donors (Lipinski definition) is 1. The van der Waals surface area contributed by atoms with Gasteiger partial charge in [0.15, 0.2) is 0 Å². The Labute approximate surface area is 114 Å². The normalized spacial score (nSPS) is 12.3. The largest absolute Gasteiger partial charge is 0.416 e. The van der Waals surface area contributed by atoms with Crippen LogP contribution in [0.25, 0.3) is 0 Å². The second kappa shape index (κ2) is 6.31. The molecule has 0 aliphatic carbocycles. The lowest BCUT2D eigenvalue weighted by molar-refractivity contribution is -0.137. The number of hydrogen-bond acceptors (Lipinski definition) is 1. The van der Waals surface area contributed by atoms with E-state index in [-0.39, 0.29) is 0 Å². The number of carbonyl (C=O) groups is 1. The molecule has 0 aromatic heterocycles. The zero-order chi connectivity index (χ0) is 16.3. The zero-order valence-corrected chi connectivity index (χ0v) is 10.4. The Morgan fingerprint density at radius 1 is 1.10 bits per heavy atom. The standard InChI is InChI=1S/C12H10F7NO/c13-9-3-2-7(12(17,18)19)6-8(9)10(21)20-5-1-4-11(14,15)16/h2-3,6H,1,4-5H2,(H,20,21). The van der Waals surface area contributed by atoms with E-state index >= 15 is 0 Å². The van der Waals surface area contributed by atoms with Crippen LogP contribution in [0.5, 0.6) is 0 Å². The third-order valence-electron chi connectivity index (χ3n) is 2.46. The molecule has 0 saturated heterocycles. The lowest BCUT2D eigenvalue weighted by Gasteiger charge is -2.11. The molecule has 0 bridgehead atoms. The topological polar surface area (TPSA) is 29.1 Å². The molecular formula is C12H10F7NO. The van der Waals surface area contributed by atoms with Crippen molar-refractivity contribution < 1.29 is 35.5 Å². The highest BCUT2D eigenvalue weighted by Crippen LogP contribution is 2.30. The monoisotopic (exact) mass is 317 g/mol. The predicted molar refractivity (Wildman–Crippen MR) is 59.0 cm³/mol. The summed E-state index contributed by atoms with van der Waals surface area (Å²) in [6, 6.07) is 1.26. The summed E-state index contributed by atoms with van der Waals surface area (Å²) < 4.78 is 86.1. The maximum atomic E-state index is 13.3. The molecule has 118 valence electrons. The van der Waals surface area contributed by atoms with Gasteiger partial charge in [0.2, 0.25) is 0 Å². The van der Waals surface area contributed by atoms with Crippen LogP contribution >= 0.6 is 0 Å². The number of rotatable bonds is 4. The molecule has 1 rings (SSSR count). The van der Waals surface area contributed by atoms with E-state index in [1.165, 1.54) is 0 Å². The first-order valence-electron chi connectivity index (χ1n) is 5.72. The van der Waals surface area contributed by atoms with E-state index in [1.54, 1.807) is 0 Å². The van der Waals surface area contributed by atoms with Crippen molar-refractivity contribution in [2.24, 2.45) is 0 Å². The van der Waals surface area contributed by atoms with Crippen LogP contribution < -0.4 is 5.32 Å². The number of benzene rings is 1. The van der Waals surface area contributed by atoms with Gasteiger partial charge in [-0.2, -0.15) is 26.3 Å². The molecule has 1 aromatic rings. The summed E-state index contributed by atoms with van der Waals surface area (Å²) >= 11 is 0. The molecule has 0 fully saturated rings. The third kappa shape index (κ3) is 5.60. The van der Waals surface area contributed by atoms with Gasteiger partial charge in [0.05, 0.1) is 11.1 Å². The minimum absolute atomic E-state index is 0.314. The molecule has 0 radical (unpaired) electrons. The third-order valence-corrected chi connectivity index (χ3v) is 2.46. The van der Waals surface area contributed by atoms with E-state index < -0.39 is 54.6 Å². The fourth-order valence-electron chi connectivity index (χ4n) is 1.46. The molecule has 0 spiro atoms. The van der Waals surface area contributed by atoms with Crippen LogP contribution in [0.2, 0.25) is 0 Å². The van der Waals surface area contributed by atoms with Gasteiger partial charge in [-0.25, -0.2) is 4.39 Å². The number of halogens is 7. The van der Waals surface area contributed by atoms with Crippen molar-refractivity contribution in [3.05, 3.63) is 35.1 Å². The summed E-state index contributed by atoms with van der Waals surface area (Å²) in [4.78, 5) is 11.5. The van der Waals surface area contributed by atoms with E-state index in [0.717, 1.165) is 0 Å². The maximum Gasteiger partial charge on any atom is 0.416 e. The highest BCUT2D eigenvalue weighted by Gasteiger charge is 2.32. The second-order valence-electron chi connectivity index (χ2n) is 4.17. The molecule has 0 aliphatic heterocycles. The van der Waals surface area contributed by atoms with Crippen molar-refractivity contribution in [3.8, 4) is 0 Å². The molecule has 0 saturated carbocycles. The molecule has 0 aliphatic rings. The van der Waals surface area contributed by atoms with E-state index in [0.29, 0.717) is 18.2 Å². The van der Waals surface area contributed by atoms with Crippen molar-refractivity contribution in [1.29, 1.82) is 0 Å². The summed E-state index contributed by atoms with van der Waals surface area (Å²) in [6.45, 7) is -0.423. The van der Waals surface area contributed by atoms with Gasteiger partial charge in [-0.1, -0.05) is 0 Å². The summed E-state index contributed by atoms with van der Waals surface area (Å²) in [5.74, 6) is -2.38. The van der Waals surface area contributed by atoms with Gasteiger partial charge in [0.1, 0.15) is 5.82 Å². The van der Waals surface area contributed by atoms with Crippen LogP contribution in [0.1, 0.15) is 28.8 Å². The van der Waals surface area contributed by atoms with E-state index in [1.807, 2.05) is 5.32 Å². The van der Waals surface area contributed by atoms with E-state index in [2.05, 4.69) is 0 Å². The summed E-state index contributed by atoms with van der Waals surface area (Å²) in [7, 11) is 0. The SMILES string of the molecule is O=C(NCCCC(F)(F)F)c1cc(C(F)(F)F)ccc1F. The van der Waals surface area contributed by atoms with Crippen molar-refractivity contribution >= 4 is 5.91 Å². The van der Waals surface area contributed by atoms with Crippen LogP contribution in [0, 0.1) is 5.82 Å².